The fraction of sp³-hybridized carbons (Fsp3) is 0.929. The van der Waals surface area contributed by atoms with Gasteiger partial charge in [0.1, 0.15) is 5.54 Å². The van der Waals surface area contributed by atoms with Crippen LogP contribution in [0.15, 0.2) is 0 Å². The lowest BCUT2D eigenvalue weighted by Crippen LogP contribution is -2.62. The van der Waals surface area contributed by atoms with E-state index in [-0.39, 0.29) is 5.91 Å². The van der Waals surface area contributed by atoms with Gasteiger partial charge in [-0.2, -0.15) is 0 Å². The van der Waals surface area contributed by atoms with Crippen LogP contribution in [0, 0.1) is 0 Å². The van der Waals surface area contributed by atoms with E-state index in [1.807, 2.05) is 0 Å². The lowest BCUT2D eigenvalue weighted by molar-refractivity contribution is -0.125. The van der Waals surface area contributed by atoms with Crippen molar-refractivity contribution in [3.8, 4) is 0 Å². The quantitative estimate of drug-likeness (QED) is 0.683. The van der Waals surface area contributed by atoms with Crippen molar-refractivity contribution >= 4 is 5.91 Å². The van der Waals surface area contributed by atoms with Gasteiger partial charge < -0.3 is 16.0 Å². The number of likely N-dealkylation sites (N-methyl/N-ethyl adjacent to an activating group) is 1. The van der Waals surface area contributed by atoms with Crippen LogP contribution in [0.5, 0.6) is 0 Å². The van der Waals surface area contributed by atoms with E-state index in [4.69, 9.17) is 5.73 Å². The van der Waals surface area contributed by atoms with Gasteiger partial charge in [0.25, 0.3) is 0 Å². The standard InChI is InChI=1S/C14H28N4O/c1-3-17(4-2)11-8-16-14(13(15)19)7-10-18-9-5-6-12(14)18/h12,16H,3-11H2,1-2H3,(H2,15,19). The van der Waals surface area contributed by atoms with Gasteiger partial charge in [0.05, 0.1) is 0 Å². The molecule has 1 amide bonds. The molecular weight excluding hydrogens is 240 g/mol. The highest BCUT2D eigenvalue weighted by molar-refractivity contribution is 5.86. The molecule has 2 atom stereocenters. The van der Waals surface area contributed by atoms with E-state index in [1.54, 1.807) is 0 Å². The molecule has 2 rings (SSSR count). The summed E-state index contributed by atoms with van der Waals surface area (Å²) >= 11 is 0. The molecule has 2 saturated heterocycles. The van der Waals surface area contributed by atoms with Crippen LogP contribution in [0.3, 0.4) is 0 Å². The first-order chi connectivity index (χ1) is 9.14. The van der Waals surface area contributed by atoms with Crippen molar-refractivity contribution in [2.45, 2.75) is 44.7 Å². The highest BCUT2D eigenvalue weighted by atomic mass is 16.1. The summed E-state index contributed by atoms with van der Waals surface area (Å²) in [4.78, 5) is 16.8. The number of hydrogen-bond donors (Lipinski definition) is 2. The minimum atomic E-state index is -0.482. The molecule has 2 aliphatic heterocycles. The lowest BCUT2D eigenvalue weighted by Gasteiger charge is -2.34. The molecular formula is C14H28N4O. The third kappa shape index (κ3) is 2.78. The fourth-order valence-corrected chi connectivity index (χ4v) is 3.70. The van der Waals surface area contributed by atoms with E-state index in [0.717, 1.165) is 52.1 Å². The molecule has 0 saturated carbocycles. The van der Waals surface area contributed by atoms with Crippen molar-refractivity contribution in [1.29, 1.82) is 0 Å². The highest BCUT2D eigenvalue weighted by Crippen LogP contribution is 2.35. The van der Waals surface area contributed by atoms with Gasteiger partial charge in [0, 0.05) is 25.7 Å². The Bertz CT molecular complexity index is 319. The molecule has 3 N–H and O–H groups in total. The third-order valence-corrected chi connectivity index (χ3v) is 4.93. The summed E-state index contributed by atoms with van der Waals surface area (Å²) in [5.41, 5.74) is 5.25. The van der Waals surface area contributed by atoms with E-state index in [9.17, 15) is 4.79 Å². The molecule has 5 nitrogen and oxygen atoms in total. The number of nitrogens with one attached hydrogen (secondary N) is 1. The first-order valence-electron chi connectivity index (χ1n) is 7.65. The largest absolute Gasteiger partial charge is 0.368 e. The number of hydrogen-bond acceptors (Lipinski definition) is 4. The van der Waals surface area contributed by atoms with Crippen molar-refractivity contribution in [3.05, 3.63) is 0 Å². The Hall–Kier alpha value is -0.650. The minimum absolute atomic E-state index is 0.165. The summed E-state index contributed by atoms with van der Waals surface area (Å²) in [5.74, 6) is -0.165. The predicted molar refractivity (Wildman–Crippen MR) is 76.9 cm³/mol. The summed E-state index contributed by atoms with van der Waals surface area (Å²) in [5, 5.41) is 3.51. The number of amides is 1. The maximum atomic E-state index is 12.0. The van der Waals surface area contributed by atoms with Gasteiger partial charge in [-0.1, -0.05) is 13.8 Å². The van der Waals surface area contributed by atoms with Crippen molar-refractivity contribution < 1.29 is 4.79 Å². The molecule has 2 aliphatic rings. The second-order valence-electron chi connectivity index (χ2n) is 5.73. The van der Waals surface area contributed by atoms with Crippen molar-refractivity contribution in [2.24, 2.45) is 5.73 Å². The zero-order chi connectivity index (χ0) is 13.9. The fourth-order valence-electron chi connectivity index (χ4n) is 3.70. The highest BCUT2D eigenvalue weighted by Gasteiger charge is 2.52. The first kappa shape index (κ1) is 14.8. The Balaban J connectivity index is 1.95. The van der Waals surface area contributed by atoms with Crippen molar-refractivity contribution in [2.75, 3.05) is 39.3 Å². The second kappa shape index (κ2) is 6.20. The number of primary amides is 1. The summed E-state index contributed by atoms with van der Waals surface area (Å²) in [6.45, 7) is 10.4. The normalized spacial score (nSPS) is 31.0. The Morgan fingerprint density at radius 1 is 1.42 bits per heavy atom. The van der Waals surface area contributed by atoms with Crippen LogP contribution in [0.1, 0.15) is 33.1 Å². The van der Waals surface area contributed by atoms with Crippen LogP contribution in [-0.4, -0.2) is 66.6 Å². The van der Waals surface area contributed by atoms with E-state index in [1.165, 1.54) is 6.42 Å². The van der Waals surface area contributed by atoms with Crippen LogP contribution >= 0.6 is 0 Å². The number of rotatable bonds is 7. The third-order valence-electron chi connectivity index (χ3n) is 4.93. The van der Waals surface area contributed by atoms with Gasteiger partial charge in [-0.05, 0) is 38.9 Å². The van der Waals surface area contributed by atoms with Crippen LogP contribution in [0.4, 0.5) is 0 Å². The summed E-state index contributed by atoms with van der Waals surface area (Å²) in [7, 11) is 0. The molecule has 0 radical (unpaired) electrons. The molecule has 110 valence electrons. The van der Waals surface area contributed by atoms with Gasteiger partial charge in [-0.15, -0.1) is 0 Å². The maximum Gasteiger partial charge on any atom is 0.239 e. The molecule has 2 fully saturated rings. The Kier molecular flexibility index (Phi) is 4.81. The molecule has 0 spiro atoms. The van der Waals surface area contributed by atoms with E-state index in [0.29, 0.717) is 6.04 Å². The number of nitrogens with zero attached hydrogens (tertiary/aromatic N) is 2. The van der Waals surface area contributed by atoms with Crippen molar-refractivity contribution in [1.82, 2.24) is 15.1 Å². The summed E-state index contributed by atoms with van der Waals surface area (Å²) in [6.07, 6.45) is 3.16. The van der Waals surface area contributed by atoms with Crippen LogP contribution in [0.25, 0.3) is 0 Å². The van der Waals surface area contributed by atoms with Gasteiger partial charge in [0.15, 0.2) is 0 Å². The van der Waals surface area contributed by atoms with E-state index < -0.39 is 5.54 Å². The molecule has 2 unspecified atom stereocenters. The molecule has 0 aliphatic carbocycles. The smallest absolute Gasteiger partial charge is 0.239 e. The van der Waals surface area contributed by atoms with Gasteiger partial charge >= 0.3 is 0 Å². The molecule has 0 aromatic rings. The van der Waals surface area contributed by atoms with Crippen LogP contribution in [0.2, 0.25) is 0 Å². The molecule has 0 aromatic carbocycles. The first-order valence-corrected chi connectivity index (χ1v) is 7.65. The zero-order valence-corrected chi connectivity index (χ0v) is 12.3. The van der Waals surface area contributed by atoms with Gasteiger partial charge in [-0.3, -0.25) is 9.69 Å². The summed E-state index contributed by atoms with van der Waals surface area (Å²) in [6, 6.07) is 0.321. The average Bonchev–Trinajstić information content (AvgIpc) is 2.98. The molecule has 5 heteroatoms. The van der Waals surface area contributed by atoms with E-state index >= 15 is 0 Å². The number of nitrogens with two attached hydrogens (primary N) is 1. The van der Waals surface area contributed by atoms with Gasteiger partial charge in [-0.25, -0.2) is 0 Å². The number of carbonyl (C=O) groups is 1. The minimum Gasteiger partial charge on any atom is -0.368 e. The van der Waals surface area contributed by atoms with Gasteiger partial charge in [0.2, 0.25) is 5.91 Å². The predicted octanol–water partition coefficient (Wildman–Crippen LogP) is 0.0100. The van der Waals surface area contributed by atoms with Crippen LogP contribution < -0.4 is 11.1 Å². The lowest BCUT2D eigenvalue weighted by atomic mass is 9.87. The maximum absolute atomic E-state index is 12.0. The summed E-state index contributed by atoms with van der Waals surface area (Å²) < 4.78 is 0. The average molecular weight is 268 g/mol. The Morgan fingerprint density at radius 2 is 2.16 bits per heavy atom. The number of fused-ring (bicyclic) bond motifs is 1. The Labute approximate surface area is 116 Å². The van der Waals surface area contributed by atoms with Crippen LogP contribution in [-0.2, 0) is 4.79 Å². The second-order valence-corrected chi connectivity index (χ2v) is 5.73. The molecule has 19 heavy (non-hydrogen) atoms. The molecule has 2 heterocycles. The Morgan fingerprint density at radius 3 is 2.79 bits per heavy atom. The topological polar surface area (TPSA) is 61.6 Å². The monoisotopic (exact) mass is 268 g/mol. The number of carbonyl (C=O) groups excluding carboxylic acids is 1. The molecule has 0 aromatic heterocycles. The molecule has 0 bridgehead atoms. The zero-order valence-electron chi connectivity index (χ0n) is 12.3. The van der Waals surface area contributed by atoms with E-state index in [2.05, 4.69) is 29.0 Å². The SMILES string of the molecule is CCN(CC)CCNC1(C(N)=O)CCN2CCCC21. The van der Waals surface area contributed by atoms with Crippen molar-refractivity contribution in [3.63, 3.8) is 0 Å².